The maximum Gasteiger partial charge on any atom is 0.394 e. The van der Waals surface area contributed by atoms with Crippen LogP contribution in [-0.4, -0.2) is 37.5 Å². The maximum absolute atomic E-state index is 13.5. The number of benzene rings is 2. The van der Waals surface area contributed by atoms with Gasteiger partial charge < -0.3 is 4.52 Å². The molecule has 0 heterocycles. The van der Waals surface area contributed by atoms with E-state index in [0.717, 1.165) is 26.7 Å². The third-order valence-electron chi connectivity index (χ3n) is 4.17. The molecular formula is C21H25BrN3O2P. The molecule has 7 heteroatoms. The van der Waals surface area contributed by atoms with Gasteiger partial charge in [-0.05, 0) is 71.4 Å². The number of nitrogens with zero attached hydrogens (tertiary/aromatic N) is 3. The molecule has 0 aliphatic heterocycles. The summed E-state index contributed by atoms with van der Waals surface area (Å²) in [6, 6.07) is 13.3. The van der Waals surface area contributed by atoms with Crippen molar-refractivity contribution in [3.63, 3.8) is 0 Å². The average Bonchev–Trinajstić information content (AvgIpc) is 2.62. The van der Waals surface area contributed by atoms with Crippen molar-refractivity contribution in [3.8, 4) is 22.9 Å². The second kappa shape index (κ2) is 9.07. The molecule has 0 aliphatic carbocycles. The van der Waals surface area contributed by atoms with E-state index < -0.39 is 7.67 Å². The first-order valence-corrected chi connectivity index (χ1v) is 11.0. The maximum atomic E-state index is 13.5. The molecule has 2 aromatic carbocycles. The minimum atomic E-state index is -3.26. The number of rotatable bonds is 7. The fraction of sp³-hybridized carbons (Fsp3) is 0.286. The van der Waals surface area contributed by atoms with Crippen molar-refractivity contribution in [3.05, 3.63) is 64.1 Å². The lowest BCUT2D eigenvalue weighted by molar-refractivity contribution is 0.353. The Labute approximate surface area is 175 Å². The molecule has 28 heavy (non-hydrogen) atoms. The van der Waals surface area contributed by atoms with Crippen LogP contribution in [0.4, 0.5) is 0 Å². The summed E-state index contributed by atoms with van der Waals surface area (Å²) in [5.74, 6) is 0.557. The lowest BCUT2D eigenvalue weighted by atomic mass is 9.98. The molecule has 0 saturated heterocycles. The molecule has 0 radical (unpaired) electrons. The van der Waals surface area contributed by atoms with Gasteiger partial charge in [0.15, 0.2) is 0 Å². The molecule has 0 saturated carbocycles. The fourth-order valence-corrected chi connectivity index (χ4v) is 4.79. The lowest BCUT2D eigenvalue weighted by Gasteiger charge is -2.31. The van der Waals surface area contributed by atoms with Crippen LogP contribution in [0.25, 0.3) is 11.1 Å². The first-order valence-electron chi connectivity index (χ1n) is 8.71. The zero-order chi connectivity index (χ0) is 21.1. The summed E-state index contributed by atoms with van der Waals surface area (Å²) in [5, 5.41) is 9.08. The minimum absolute atomic E-state index is 0.557. The Morgan fingerprint density at radius 2 is 1.75 bits per heavy atom. The van der Waals surface area contributed by atoms with E-state index in [1.165, 1.54) is 0 Å². The molecule has 2 rings (SSSR count). The molecule has 0 aromatic heterocycles. The van der Waals surface area contributed by atoms with Crippen LogP contribution < -0.4 is 4.52 Å². The molecule has 0 fully saturated rings. The Hall–Kier alpha value is -1.90. The molecule has 0 spiro atoms. The highest BCUT2D eigenvalue weighted by Crippen LogP contribution is 2.53. The normalized spacial score (nSPS) is 11.5. The van der Waals surface area contributed by atoms with Gasteiger partial charge in [-0.2, -0.15) is 5.26 Å². The van der Waals surface area contributed by atoms with Gasteiger partial charge in [-0.25, -0.2) is 13.9 Å². The zero-order valence-electron chi connectivity index (χ0n) is 16.9. The summed E-state index contributed by atoms with van der Waals surface area (Å²) in [7, 11) is 3.68. The highest BCUT2D eigenvalue weighted by molar-refractivity contribution is 9.10. The first-order chi connectivity index (χ1) is 13.1. The molecule has 0 atom stereocenters. The summed E-state index contributed by atoms with van der Waals surface area (Å²) >= 11 is 3.57. The van der Waals surface area contributed by atoms with E-state index in [0.29, 0.717) is 17.7 Å². The third-order valence-corrected chi connectivity index (χ3v) is 7.07. The highest BCUT2D eigenvalue weighted by Gasteiger charge is 2.33. The van der Waals surface area contributed by atoms with Gasteiger partial charge in [0.05, 0.1) is 11.6 Å². The lowest BCUT2D eigenvalue weighted by Crippen LogP contribution is -2.25. The summed E-state index contributed by atoms with van der Waals surface area (Å²) in [5.41, 5.74) is 4.13. The Morgan fingerprint density at radius 1 is 1.18 bits per heavy atom. The number of halogens is 1. The fourth-order valence-electron chi connectivity index (χ4n) is 2.79. The van der Waals surface area contributed by atoms with Crippen molar-refractivity contribution in [2.75, 3.05) is 28.2 Å². The number of allylic oxidation sites excluding steroid dienone is 1. The molecule has 0 amide bonds. The van der Waals surface area contributed by atoms with Crippen molar-refractivity contribution in [1.82, 2.24) is 9.34 Å². The van der Waals surface area contributed by atoms with Crippen LogP contribution in [0.2, 0.25) is 0 Å². The SMILES string of the molecule is C=C(C)Cc1cc(Br)cc(-c2ccc(C#N)cc2)c1OP(=O)(N(C)C)N(C)C. The Kier molecular flexibility index (Phi) is 7.25. The summed E-state index contributed by atoms with van der Waals surface area (Å²) in [4.78, 5) is 0. The predicted molar refractivity (Wildman–Crippen MR) is 118 cm³/mol. The number of hydrogen-bond acceptors (Lipinski definition) is 3. The Morgan fingerprint density at radius 3 is 2.21 bits per heavy atom. The van der Waals surface area contributed by atoms with Gasteiger partial charge in [-0.3, -0.25) is 0 Å². The summed E-state index contributed by atoms with van der Waals surface area (Å²) in [6.07, 6.45) is 0.596. The summed E-state index contributed by atoms with van der Waals surface area (Å²) in [6.45, 7) is 5.96. The molecule has 148 valence electrons. The van der Waals surface area contributed by atoms with Crippen molar-refractivity contribution in [2.24, 2.45) is 0 Å². The van der Waals surface area contributed by atoms with Crippen LogP contribution in [0, 0.1) is 11.3 Å². The molecule has 0 unspecified atom stereocenters. The standard InChI is InChI=1S/C21H25BrN3O2P/c1-15(2)11-18-12-19(22)13-20(17-9-7-16(14-23)8-10-17)21(18)27-28(26,24(3)4)25(5)6/h7-10,12-13H,1,11H2,2-6H3. The topological polar surface area (TPSA) is 56.6 Å². The van der Waals surface area contributed by atoms with E-state index >= 15 is 0 Å². The van der Waals surface area contributed by atoms with Crippen LogP contribution in [0.3, 0.4) is 0 Å². The number of hydrogen-bond donors (Lipinski definition) is 0. The molecule has 0 aliphatic rings. The Bertz CT molecular complexity index is 951. The molecule has 0 N–H and O–H groups in total. The van der Waals surface area contributed by atoms with Gasteiger partial charge in [-0.1, -0.05) is 40.2 Å². The first kappa shape index (κ1) is 22.4. The largest absolute Gasteiger partial charge is 0.421 e. The molecule has 5 nitrogen and oxygen atoms in total. The summed E-state index contributed by atoms with van der Waals surface area (Å²) < 4.78 is 23.9. The van der Waals surface area contributed by atoms with Gasteiger partial charge in [0, 0.05) is 15.6 Å². The van der Waals surface area contributed by atoms with Crippen LogP contribution in [0.1, 0.15) is 18.1 Å². The van der Waals surface area contributed by atoms with Gasteiger partial charge in [0.2, 0.25) is 0 Å². The van der Waals surface area contributed by atoms with Crippen molar-refractivity contribution < 1.29 is 9.09 Å². The Balaban J connectivity index is 2.73. The average molecular weight is 462 g/mol. The highest BCUT2D eigenvalue weighted by atomic mass is 79.9. The van der Waals surface area contributed by atoms with Gasteiger partial charge in [0.25, 0.3) is 0 Å². The van der Waals surface area contributed by atoms with Crippen LogP contribution in [0.5, 0.6) is 5.75 Å². The van der Waals surface area contributed by atoms with E-state index in [-0.39, 0.29) is 0 Å². The number of nitriles is 1. The predicted octanol–water partition coefficient (Wildman–Crippen LogP) is 5.72. The van der Waals surface area contributed by atoms with Crippen molar-refractivity contribution in [2.45, 2.75) is 13.3 Å². The van der Waals surface area contributed by atoms with Gasteiger partial charge >= 0.3 is 7.67 Å². The second-order valence-corrected chi connectivity index (χ2v) is 10.7. The third kappa shape index (κ3) is 4.92. The molecule has 2 aromatic rings. The van der Waals surface area contributed by atoms with Crippen LogP contribution in [0.15, 0.2) is 53.0 Å². The zero-order valence-corrected chi connectivity index (χ0v) is 19.3. The van der Waals surface area contributed by atoms with Crippen molar-refractivity contribution >= 4 is 23.6 Å². The van der Waals surface area contributed by atoms with Crippen LogP contribution in [-0.2, 0) is 11.0 Å². The molecule has 0 bridgehead atoms. The van der Waals surface area contributed by atoms with Gasteiger partial charge in [-0.15, -0.1) is 0 Å². The monoisotopic (exact) mass is 461 g/mol. The van der Waals surface area contributed by atoms with E-state index in [4.69, 9.17) is 9.79 Å². The van der Waals surface area contributed by atoms with E-state index in [9.17, 15) is 4.57 Å². The quantitative estimate of drug-likeness (QED) is 0.389. The smallest absolute Gasteiger partial charge is 0.394 e. The van der Waals surface area contributed by atoms with Crippen molar-refractivity contribution in [1.29, 1.82) is 5.26 Å². The molecular weight excluding hydrogens is 437 g/mol. The van der Waals surface area contributed by atoms with Crippen LogP contribution >= 0.6 is 23.6 Å². The van der Waals surface area contributed by atoms with E-state index in [2.05, 4.69) is 28.6 Å². The van der Waals surface area contributed by atoms with Gasteiger partial charge in [0.1, 0.15) is 5.75 Å². The minimum Gasteiger partial charge on any atom is -0.421 e. The van der Waals surface area contributed by atoms with E-state index in [1.54, 1.807) is 49.7 Å². The second-order valence-electron chi connectivity index (χ2n) is 7.04. The van der Waals surface area contributed by atoms with E-state index in [1.807, 2.05) is 31.2 Å².